The number of nitrogens with zero attached hydrogens (tertiary/aromatic N) is 1. The summed E-state index contributed by atoms with van der Waals surface area (Å²) in [5.74, 6) is 1.15. The summed E-state index contributed by atoms with van der Waals surface area (Å²) in [6, 6.07) is 18.7. The van der Waals surface area contributed by atoms with E-state index in [0.29, 0.717) is 18.1 Å². The van der Waals surface area contributed by atoms with Crippen molar-refractivity contribution in [3.05, 3.63) is 65.7 Å². The zero-order valence-corrected chi connectivity index (χ0v) is 20.4. The molecule has 1 saturated carbocycles. The number of likely N-dealkylation sites (tertiary alicyclic amines) is 1. The zero-order chi connectivity index (χ0) is 23.3. The monoisotopic (exact) mass is 449 g/mol. The number of amides is 1. The number of phenols is 1. The number of rotatable bonds is 8. The molecule has 1 amide bonds. The van der Waals surface area contributed by atoms with Gasteiger partial charge >= 0.3 is 0 Å². The molecule has 0 spiro atoms. The Morgan fingerprint density at radius 3 is 2.67 bits per heavy atom. The number of benzene rings is 2. The molecule has 3 atom stereocenters. The predicted octanol–water partition coefficient (Wildman–Crippen LogP) is 5.20. The Morgan fingerprint density at radius 1 is 1.06 bits per heavy atom. The minimum absolute atomic E-state index is 0.0540. The number of carbonyl (C=O) groups is 1. The summed E-state index contributed by atoms with van der Waals surface area (Å²) in [5.41, 5.74) is 2.69. The lowest BCUT2D eigenvalue weighted by Crippen LogP contribution is -2.60. The van der Waals surface area contributed by atoms with Crippen molar-refractivity contribution in [2.24, 2.45) is 5.92 Å². The zero-order valence-electron chi connectivity index (χ0n) is 20.4. The van der Waals surface area contributed by atoms with E-state index in [9.17, 15) is 9.90 Å². The molecule has 2 aliphatic rings. The van der Waals surface area contributed by atoms with Crippen LogP contribution in [-0.4, -0.2) is 48.7 Å². The molecule has 4 nitrogen and oxygen atoms in total. The summed E-state index contributed by atoms with van der Waals surface area (Å²) < 4.78 is 1.06. The number of aryl methyl sites for hydroxylation is 1. The number of nitrogens with one attached hydrogen (secondary N) is 1. The molecule has 2 aromatic carbocycles. The summed E-state index contributed by atoms with van der Waals surface area (Å²) in [5, 5.41) is 13.6. The Labute approximate surface area is 199 Å². The van der Waals surface area contributed by atoms with E-state index in [2.05, 4.69) is 55.8 Å². The molecule has 0 aromatic heterocycles. The van der Waals surface area contributed by atoms with Crippen LogP contribution in [0.25, 0.3) is 0 Å². The Morgan fingerprint density at radius 2 is 1.88 bits per heavy atom. The van der Waals surface area contributed by atoms with Crippen LogP contribution < -0.4 is 5.32 Å². The maximum absolute atomic E-state index is 12.7. The van der Waals surface area contributed by atoms with Crippen LogP contribution in [0.4, 0.5) is 0 Å². The molecular weight excluding hydrogens is 408 g/mol. The Kier molecular flexibility index (Phi) is 7.43. The van der Waals surface area contributed by atoms with Gasteiger partial charge in [0.1, 0.15) is 5.75 Å². The topological polar surface area (TPSA) is 49.3 Å². The maximum atomic E-state index is 12.7. The quantitative estimate of drug-likeness (QED) is 0.430. The smallest absolute Gasteiger partial charge is 0.220 e. The van der Waals surface area contributed by atoms with Crippen molar-refractivity contribution in [3.63, 3.8) is 0 Å². The van der Waals surface area contributed by atoms with Crippen molar-refractivity contribution in [2.75, 3.05) is 27.2 Å². The number of fused-ring (bicyclic) bond motifs is 1. The van der Waals surface area contributed by atoms with Gasteiger partial charge in [0.2, 0.25) is 5.91 Å². The average molecular weight is 450 g/mol. The molecule has 0 bridgehead atoms. The Bertz CT molecular complexity index is 926. The second-order valence-electron chi connectivity index (χ2n) is 11.1. The van der Waals surface area contributed by atoms with Crippen LogP contribution in [0.2, 0.25) is 0 Å². The third-order valence-corrected chi connectivity index (χ3v) is 8.13. The molecule has 33 heavy (non-hydrogen) atoms. The van der Waals surface area contributed by atoms with Crippen LogP contribution in [0.3, 0.4) is 0 Å². The molecule has 1 saturated heterocycles. The molecule has 178 valence electrons. The van der Waals surface area contributed by atoms with E-state index >= 15 is 0 Å². The van der Waals surface area contributed by atoms with Crippen molar-refractivity contribution in [3.8, 4) is 5.75 Å². The second kappa shape index (κ2) is 10.3. The fourth-order valence-corrected chi connectivity index (χ4v) is 6.32. The molecule has 1 aliphatic carbocycles. The van der Waals surface area contributed by atoms with Gasteiger partial charge in [-0.15, -0.1) is 0 Å². The SMILES string of the molecule is C[N+]1(C)CC[C@@]2(c3cccc(O)c3)C[C@H](NC(=O)CCCCCc3ccccc3)CC[C@@H]2C1. The fraction of sp³-hybridized carbons (Fsp3) is 0.552. The minimum atomic E-state index is 0.0540. The van der Waals surface area contributed by atoms with Crippen LogP contribution in [0, 0.1) is 5.92 Å². The van der Waals surface area contributed by atoms with Crippen molar-refractivity contribution < 1.29 is 14.4 Å². The van der Waals surface area contributed by atoms with E-state index in [4.69, 9.17) is 0 Å². The molecule has 2 aromatic rings. The van der Waals surface area contributed by atoms with Crippen LogP contribution >= 0.6 is 0 Å². The maximum Gasteiger partial charge on any atom is 0.220 e. The highest BCUT2D eigenvalue weighted by atomic mass is 16.3. The highest BCUT2D eigenvalue weighted by Crippen LogP contribution is 2.50. The Hall–Kier alpha value is -2.33. The third kappa shape index (κ3) is 5.97. The lowest BCUT2D eigenvalue weighted by atomic mass is 9.57. The third-order valence-electron chi connectivity index (χ3n) is 8.13. The van der Waals surface area contributed by atoms with Gasteiger partial charge in [0.25, 0.3) is 0 Å². The van der Waals surface area contributed by atoms with E-state index in [0.717, 1.165) is 68.9 Å². The highest BCUT2D eigenvalue weighted by molar-refractivity contribution is 5.76. The summed E-state index contributed by atoms with van der Waals surface area (Å²) in [4.78, 5) is 12.7. The van der Waals surface area contributed by atoms with Gasteiger partial charge in [-0.25, -0.2) is 0 Å². The normalized spacial score (nSPS) is 26.4. The van der Waals surface area contributed by atoms with E-state index < -0.39 is 0 Å². The van der Waals surface area contributed by atoms with Gasteiger partial charge in [0, 0.05) is 30.2 Å². The highest BCUT2D eigenvalue weighted by Gasteiger charge is 2.51. The number of quaternary nitrogens is 1. The summed E-state index contributed by atoms with van der Waals surface area (Å²) >= 11 is 0. The first-order valence-electron chi connectivity index (χ1n) is 12.8. The lowest BCUT2D eigenvalue weighted by Gasteiger charge is -2.54. The molecule has 4 rings (SSSR count). The van der Waals surface area contributed by atoms with E-state index in [-0.39, 0.29) is 17.4 Å². The van der Waals surface area contributed by atoms with Gasteiger partial charge in [0.05, 0.1) is 27.2 Å². The fourth-order valence-electron chi connectivity index (χ4n) is 6.32. The minimum Gasteiger partial charge on any atom is -0.508 e. The van der Waals surface area contributed by atoms with E-state index in [1.165, 1.54) is 11.1 Å². The molecule has 0 radical (unpaired) electrons. The number of phenolic OH excluding ortho intramolecular Hbond substituents is 1. The predicted molar refractivity (Wildman–Crippen MR) is 134 cm³/mol. The molecule has 1 aliphatic heterocycles. The molecule has 2 N–H and O–H groups in total. The number of hydrogen-bond donors (Lipinski definition) is 2. The number of hydrogen-bond acceptors (Lipinski definition) is 2. The van der Waals surface area contributed by atoms with E-state index in [1.54, 1.807) is 6.07 Å². The van der Waals surface area contributed by atoms with Crippen molar-refractivity contribution in [1.82, 2.24) is 5.32 Å². The van der Waals surface area contributed by atoms with Crippen molar-refractivity contribution in [1.29, 1.82) is 0 Å². The summed E-state index contributed by atoms with van der Waals surface area (Å²) in [6.45, 7) is 2.30. The van der Waals surface area contributed by atoms with Crippen molar-refractivity contribution in [2.45, 2.75) is 69.2 Å². The first-order valence-corrected chi connectivity index (χ1v) is 12.8. The van der Waals surface area contributed by atoms with Crippen LogP contribution in [-0.2, 0) is 16.6 Å². The van der Waals surface area contributed by atoms with Crippen LogP contribution in [0.1, 0.15) is 62.5 Å². The largest absolute Gasteiger partial charge is 0.508 e. The van der Waals surface area contributed by atoms with Gasteiger partial charge in [0.15, 0.2) is 0 Å². The van der Waals surface area contributed by atoms with Gasteiger partial charge in [-0.05, 0) is 61.8 Å². The van der Waals surface area contributed by atoms with Crippen LogP contribution in [0.5, 0.6) is 5.75 Å². The summed E-state index contributed by atoms with van der Waals surface area (Å²) in [6.07, 6.45) is 9.19. The average Bonchev–Trinajstić information content (AvgIpc) is 2.79. The van der Waals surface area contributed by atoms with Crippen molar-refractivity contribution >= 4 is 5.91 Å². The number of carbonyl (C=O) groups excluding carboxylic acids is 1. The number of piperidine rings is 1. The second-order valence-corrected chi connectivity index (χ2v) is 11.1. The van der Waals surface area contributed by atoms with Gasteiger partial charge in [-0.2, -0.15) is 0 Å². The first kappa shape index (κ1) is 23.8. The standard InChI is InChI=1S/C29H40N2O2/c1-31(2)19-18-29(24-13-9-14-27(32)20-24)21-26(17-16-25(29)22-31)30-28(33)15-8-4-7-12-23-10-5-3-6-11-23/h3,5-6,9-11,13-14,20,25-26H,4,7-8,12,15-19,21-22H2,1-2H3,(H-,30,32,33)/p+1/t25-,26-,29+/m1/s1. The molecule has 4 heteroatoms. The van der Waals surface area contributed by atoms with E-state index in [1.807, 2.05) is 12.1 Å². The molecule has 2 fully saturated rings. The molecule has 0 unspecified atom stereocenters. The Balaban J connectivity index is 1.32. The first-order chi connectivity index (χ1) is 15.9. The summed E-state index contributed by atoms with van der Waals surface area (Å²) in [7, 11) is 4.66. The molecule has 1 heterocycles. The number of unbranched alkanes of at least 4 members (excludes halogenated alkanes) is 2. The van der Waals surface area contributed by atoms with Crippen LogP contribution in [0.15, 0.2) is 54.6 Å². The van der Waals surface area contributed by atoms with Gasteiger partial charge in [-0.1, -0.05) is 48.9 Å². The van der Waals surface area contributed by atoms with Gasteiger partial charge < -0.3 is 14.9 Å². The molecular formula is C29H41N2O2+. The number of aromatic hydroxyl groups is 1. The van der Waals surface area contributed by atoms with Gasteiger partial charge in [-0.3, -0.25) is 4.79 Å². The lowest BCUT2D eigenvalue weighted by molar-refractivity contribution is -0.901.